The Labute approximate surface area is 113 Å². The smallest absolute Gasteiger partial charge is 0.240 e. The number of aromatic nitrogens is 3. The minimum absolute atomic E-state index is 0.0877. The summed E-state index contributed by atoms with van der Waals surface area (Å²) in [6, 6.07) is 2.04. The molecule has 0 saturated carbocycles. The second kappa shape index (κ2) is 7.52. The first-order chi connectivity index (χ1) is 9.02. The van der Waals surface area contributed by atoms with Gasteiger partial charge in [-0.05, 0) is 19.3 Å². The van der Waals surface area contributed by atoms with Crippen LogP contribution in [0.2, 0.25) is 0 Å². The molecule has 1 aromatic heterocycles. The Kier molecular flexibility index (Phi) is 6.00. The first-order valence-corrected chi connectivity index (χ1v) is 6.60. The topological polar surface area (TPSA) is 83.6 Å². The summed E-state index contributed by atoms with van der Waals surface area (Å²) in [6.45, 7) is 6.47. The highest BCUT2D eigenvalue weighted by molar-refractivity contribution is 5.76. The lowest BCUT2D eigenvalue weighted by molar-refractivity contribution is -0.122. The zero-order valence-corrected chi connectivity index (χ0v) is 11.8. The highest BCUT2D eigenvalue weighted by atomic mass is 16.2. The lowest BCUT2D eigenvalue weighted by Gasteiger charge is -2.14. The van der Waals surface area contributed by atoms with Gasteiger partial charge in [-0.25, -0.2) is 0 Å². The van der Waals surface area contributed by atoms with Crippen molar-refractivity contribution in [2.24, 2.45) is 5.92 Å². The van der Waals surface area contributed by atoms with Gasteiger partial charge < -0.3 is 5.32 Å². The zero-order valence-electron chi connectivity index (χ0n) is 11.8. The molecule has 0 bridgehead atoms. The number of nitriles is 1. The number of hydrogen-bond acceptors (Lipinski definition) is 4. The van der Waals surface area contributed by atoms with Crippen LogP contribution in [0.4, 0.5) is 0 Å². The van der Waals surface area contributed by atoms with Gasteiger partial charge in [-0.1, -0.05) is 26.7 Å². The molecule has 0 spiro atoms. The third-order valence-electron chi connectivity index (χ3n) is 2.86. The van der Waals surface area contributed by atoms with E-state index in [1.165, 1.54) is 17.3 Å². The lowest BCUT2D eigenvalue weighted by atomic mass is 10.0. The van der Waals surface area contributed by atoms with Gasteiger partial charge in [0.05, 0.1) is 0 Å². The van der Waals surface area contributed by atoms with E-state index in [-0.39, 0.29) is 24.3 Å². The van der Waals surface area contributed by atoms with Crippen LogP contribution in [-0.2, 0) is 11.3 Å². The summed E-state index contributed by atoms with van der Waals surface area (Å²) < 4.78 is 1.44. The summed E-state index contributed by atoms with van der Waals surface area (Å²) in [5, 5.41) is 18.9. The maximum atomic E-state index is 11.8. The van der Waals surface area contributed by atoms with Crippen molar-refractivity contribution < 1.29 is 4.79 Å². The van der Waals surface area contributed by atoms with Gasteiger partial charge in [-0.2, -0.15) is 5.26 Å². The van der Waals surface area contributed by atoms with E-state index in [0.29, 0.717) is 5.92 Å². The van der Waals surface area contributed by atoms with Crippen molar-refractivity contribution in [3.8, 4) is 6.07 Å². The van der Waals surface area contributed by atoms with E-state index < -0.39 is 0 Å². The van der Waals surface area contributed by atoms with Gasteiger partial charge in [-0.3, -0.25) is 9.36 Å². The predicted molar refractivity (Wildman–Crippen MR) is 71.0 cm³/mol. The predicted octanol–water partition coefficient (Wildman–Crippen LogP) is 1.48. The summed E-state index contributed by atoms with van der Waals surface area (Å²) in [7, 11) is 0. The highest BCUT2D eigenvalue weighted by Gasteiger charge is 2.11. The Hall–Kier alpha value is -1.90. The average molecular weight is 263 g/mol. The van der Waals surface area contributed by atoms with Crippen molar-refractivity contribution >= 4 is 5.91 Å². The number of carbonyl (C=O) groups is 1. The highest BCUT2D eigenvalue weighted by Crippen LogP contribution is 2.08. The largest absolute Gasteiger partial charge is 0.352 e. The number of amides is 1. The molecule has 6 nitrogen and oxygen atoms in total. The van der Waals surface area contributed by atoms with Crippen LogP contribution in [0.3, 0.4) is 0 Å². The Morgan fingerprint density at radius 3 is 2.84 bits per heavy atom. The van der Waals surface area contributed by atoms with Crippen LogP contribution in [0, 0.1) is 17.2 Å². The van der Waals surface area contributed by atoms with E-state index in [1.54, 1.807) is 0 Å². The van der Waals surface area contributed by atoms with E-state index in [2.05, 4.69) is 29.4 Å². The van der Waals surface area contributed by atoms with Crippen LogP contribution in [0.15, 0.2) is 6.33 Å². The summed E-state index contributed by atoms with van der Waals surface area (Å²) in [5.41, 5.74) is 0. The van der Waals surface area contributed by atoms with Crippen molar-refractivity contribution in [2.75, 3.05) is 0 Å². The second-order valence-electron chi connectivity index (χ2n) is 5.19. The molecule has 1 unspecified atom stereocenters. The molecule has 1 heterocycles. The van der Waals surface area contributed by atoms with Crippen LogP contribution < -0.4 is 5.32 Å². The fraction of sp³-hybridized carbons (Fsp3) is 0.692. The average Bonchev–Trinajstić information content (AvgIpc) is 2.75. The molecule has 1 rings (SSSR count). The Morgan fingerprint density at radius 1 is 1.47 bits per heavy atom. The molecule has 19 heavy (non-hydrogen) atoms. The summed E-state index contributed by atoms with van der Waals surface area (Å²) in [6.07, 6.45) is 4.64. The quantitative estimate of drug-likeness (QED) is 0.807. The van der Waals surface area contributed by atoms with Crippen LogP contribution in [0.25, 0.3) is 0 Å². The summed E-state index contributed by atoms with van der Waals surface area (Å²) >= 11 is 0. The van der Waals surface area contributed by atoms with Gasteiger partial charge in [0, 0.05) is 6.04 Å². The maximum absolute atomic E-state index is 11.8. The molecule has 0 aromatic carbocycles. The van der Waals surface area contributed by atoms with Gasteiger partial charge in [-0.15, -0.1) is 10.2 Å². The van der Waals surface area contributed by atoms with Gasteiger partial charge >= 0.3 is 0 Å². The Balaban J connectivity index is 2.33. The molecule has 1 aromatic rings. The molecule has 6 heteroatoms. The Bertz CT molecular complexity index is 446. The molecule has 0 radical (unpaired) electrons. The van der Waals surface area contributed by atoms with Crippen LogP contribution in [-0.4, -0.2) is 26.7 Å². The van der Waals surface area contributed by atoms with Crippen molar-refractivity contribution in [3.05, 3.63) is 12.2 Å². The van der Waals surface area contributed by atoms with Gasteiger partial charge in [0.25, 0.3) is 0 Å². The first-order valence-electron chi connectivity index (χ1n) is 6.60. The minimum atomic E-state index is -0.117. The molecule has 1 N–H and O–H groups in total. The van der Waals surface area contributed by atoms with E-state index in [1.807, 2.05) is 13.0 Å². The van der Waals surface area contributed by atoms with Gasteiger partial charge in [0.15, 0.2) is 0 Å². The number of nitrogens with zero attached hydrogens (tertiary/aromatic N) is 4. The normalized spacial score (nSPS) is 12.2. The molecule has 0 saturated heterocycles. The number of carbonyl (C=O) groups excluding carboxylic acids is 1. The fourth-order valence-electron chi connectivity index (χ4n) is 1.84. The fourth-order valence-corrected chi connectivity index (χ4v) is 1.84. The number of rotatable bonds is 7. The van der Waals surface area contributed by atoms with Gasteiger partial charge in [0.1, 0.15) is 18.9 Å². The van der Waals surface area contributed by atoms with Crippen LogP contribution in [0.5, 0.6) is 0 Å². The van der Waals surface area contributed by atoms with Crippen LogP contribution in [0.1, 0.15) is 45.9 Å². The third-order valence-corrected chi connectivity index (χ3v) is 2.86. The second-order valence-corrected chi connectivity index (χ2v) is 5.19. The number of hydrogen-bond donors (Lipinski definition) is 1. The van der Waals surface area contributed by atoms with E-state index >= 15 is 0 Å². The van der Waals surface area contributed by atoms with Crippen molar-refractivity contribution in [3.63, 3.8) is 0 Å². The molecular formula is C13H21N5O. The van der Waals surface area contributed by atoms with Crippen LogP contribution >= 0.6 is 0 Å². The molecule has 1 atom stereocenters. The van der Waals surface area contributed by atoms with Crippen molar-refractivity contribution in [1.29, 1.82) is 5.26 Å². The third kappa shape index (κ3) is 5.51. The zero-order chi connectivity index (χ0) is 14.3. The van der Waals surface area contributed by atoms with Crippen molar-refractivity contribution in [1.82, 2.24) is 20.1 Å². The van der Waals surface area contributed by atoms with Crippen molar-refractivity contribution in [2.45, 2.75) is 52.6 Å². The molecular weight excluding hydrogens is 242 g/mol. The summed E-state index contributed by atoms with van der Waals surface area (Å²) in [5.74, 6) is 0.731. The molecule has 0 aliphatic heterocycles. The Morgan fingerprint density at radius 2 is 2.21 bits per heavy atom. The maximum Gasteiger partial charge on any atom is 0.240 e. The molecule has 0 fully saturated rings. The molecule has 0 aliphatic rings. The molecule has 104 valence electrons. The first kappa shape index (κ1) is 15.2. The molecule has 1 amide bonds. The summed E-state index contributed by atoms with van der Waals surface area (Å²) in [4.78, 5) is 11.8. The minimum Gasteiger partial charge on any atom is -0.352 e. The van der Waals surface area contributed by atoms with Gasteiger partial charge in [0.2, 0.25) is 11.7 Å². The molecule has 0 aliphatic carbocycles. The standard InChI is InChI=1S/C13H21N5O/c1-10(2)5-4-6-11(3)16-13(19)8-18-9-15-17-12(18)7-14/h9-11H,4-6,8H2,1-3H3,(H,16,19). The van der Waals surface area contributed by atoms with E-state index in [4.69, 9.17) is 5.26 Å². The van der Waals surface area contributed by atoms with E-state index in [9.17, 15) is 4.79 Å². The monoisotopic (exact) mass is 263 g/mol. The number of nitrogens with one attached hydrogen (secondary N) is 1. The lowest BCUT2D eigenvalue weighted by Crippen LogP contribution is -2.35. The SMILES string of the molecule is CC(C)CCCC(C)NC(=O)Cn1cnnc1C#N. The van der Waals surface area contributed by atoms with E-state index in [0.717, 1.165) is 12.8 Å².